The summed E-state index contributed by atoms with van der Waals surface area (Å²) in [7, 11) is 0. The highest BCUT2D eigenvalue weighted by atomic mass is 32.2. The van der Waals surface area contributed by atoms with Crippen molar-refractivity contribution >= 4 is 46.2 Å². The van der Waals surface area contributed by atoms with Crippen LogP contribution in [0.1, 0.15) is 33.1 Å². The minimum Gasteiger partial charge on any atom is -0.265 e. The Bertz CT molecular complexity index is 556. The van der Waals surface area contributed by atoms with E-state index in [0.29, 0.717) is 10.2 Å². The van der Waals surface area contributed by atoms with Gasteiger partial charge < -0.3 is 0 Å². The van der Waals surface area contributed by atoms with Crippen LogP contribution in [0.2, 0.25) is 0 Å². The van der Waals surface area contributed by atoms with Gasteiger partial charge in [-0.05, 0) is 36.5 Å². The Morgan fingerprint density at radius 1 is 1.22 bits per heavy atom. The standard InChI is InChI=1S/C13H16OS4/c1-12(2)7-3-4-13(8(12)5-7)6-15-9-10(18-13)17-11(14)16-9/h7-8H,3-6H2,1-2H3/t7-,8+,13+/m0/s1. The van der Waals surface area contributed by atoms with Crippen LogP contribution in [-0.4, -0.2) is 10.5 Å². The van der Waals surface area contributed by atoms with Gasteiger partial charge in [0.2, 0.25) is 0 Å². The average molecular weight is 317 g/mol. The summed E-state index contributed by atoms with van der Waals surface area (Å²) in [5.74, 6) is 3.04. The third-order valence-corrected chi connectivity index (χ3v) is 11.3. The molecule has 0 radical (unpaired) electrons. The van der Waals surface area contributed by atoms with E-state index < -0.39 is 0 Å². The van der Waals surface area contributed by atoms with E-state index in [-0.39, 0.29) is 4.06 Å². The molecule has 1 spiro atoms. The summed E-state index contributed by atoms with van der Waals surface area (Å²) in [5, 5.41) is 0. The lowest BCUT2D eigenvalue weighted by Crippen LogP contribution is -2.61. The molecule has 3 fully saturated rings. The Morgan fingerprint density at radius 2 is 2.00 bits per heavy atom. The van der Waals surface area contributed by atoms with Gasteiger partial charge in [-0.1, -0.05) is 36.5 Å². The molecule has 1 aromatic rings. The highest BCUT2D eigenvalue weighted by Crippen LogP contribution is 2.70. The Balaban J connectivity index is 1.72. The van der Waals surface area contributed by atoms with E-state index in [1.807, 2.05) is 11.8 Å². The van der Waals surface area contributed by atoms with Crippen molar-refractivity contribution in [2.45, 2.75) is 46.3 Å². The van der Waals surface area contributed by atoms with Gasteiger partial charge in [0.15, 0.2) is 0 Å². The molecule has 0 aromatic carbocycles. The normalized spacial score (nSPS) is 40.3. The predicted octanol–water partition coefficient (Wildman–Crippen LogP) is 4.56. The van der Waals surface area contributed by atoms with E-state index >= 15 is 0 Å². The van der Waals surface area contributed by atoms with Crippen LogP contribution in [0.4, 0.5) is 0 Å². The zero-order chi connectivity index (χ0) is 12.5. The first-order valence-electron chi connectivity index (χ1n) is 6.47. The maximum atomic E-state index is 11.6. The second kappa shape index (κ2) is 3.80. The summed E-state index contributed by atoms with van der Waals surface area (Å²) in [6.07, 6.45) is 4.18. The molecular weight excluding hydrogens is 300 g/mol. The second-order valence-electron chi connectivity index (χ2n) is 6.33. The maximum Gasteiger partial charge on any atom is 0.289 e. The van der Waals surface area contributed by atoms with Crippen molar-refractivity contribution in [2.24, 2.45) is 17.3 Å². The third kappa shape index (κ3) is 1.51. The van der Waals surface area contributed by atoms with E-state index in [2.05, 4.69) is 25.6 Å². The number of thioether (sulfide) groups is 2. The van der Waals surface area contributed by atoms with E-state index in [0.717, 1.165) is 11.8 Å². The van der Waals surface area contributed by atoms with Gasteiger partial charge in [0, 0.05) is 10.5 Å². The van der Waals surface area contributed by atoms with E-state index in [1.54, 1.807) is 0 Å². The molecule has 0 N–H and O–H groups in total. The predicted molar refractivity (Wildman–Crippen MR) is 82.4 cm³/mol. The molecule has 5 heteroatoms. The first-order valence-corrected chi connectivity index (χ1v) is 9.90. The van der Waals surface area contributed by atoms with Gasteiger partial charge in [0.05, 0.1) is 8.42 Å². The van der Waals surface area contributed by atoms with Gasteiger partial charge >= 0.3 is 0 Å². The van der Waals surface area contributed by atoms with Crippen LogP contribution >= 0.6 is 46.2 Å². The number of hydrogen-bond donors (Lipinski definition) is 0. The van der Waals surface area contributed by atoms with Crippen molar-refractivity contribution in [2.75, 3.05) is 5.75 Å². The molecule has 3 aliphatic carbocycles. The Kier molecular flexibility index (Phi) is 2.60. The molecule has 0 amide bonds. The molecule has 0 unspecified atom stereocenters. The molecule has 1 aromatic heterocycles. The minimum atomic E-state index is 0.276. The lowest BCUT2D eigenvalue weighted by molar-refractivity contribution is -0.0840. The Hall–Kier alpha value is 0.550. The topological polar surface area (TPSA) is 17.1 Å². The summed E-state index contributed by atoms with van der Waals surface area (Å²) in [6.45, 7) is 4.92. The number of fused-ring (bicyclic) bond motifs is 2. The summed E-state index contributed by atoms with van der Waals surface area (Å²) in [4.78, 5) is 11.6. The quantitative estimate of drug-likeness (QED) is 0.698. The van der Waals surface area contributed by atoms with Crippen molar-refractivity contribution in [3.05, 3.63) is 8.85 Å². The summed E-state index contributed by atoms with van der Waals surface area (Å²) in [6, 6.07) is 0. The monoisotopic (exact) mass is 316 g/mol. The molecule has 2 bridgehead atoms. The van der Waals surface area contributed by atoms with E-state index in [4.69, 9.17) is 0 Å². The van der Waals surface area contributed by atoms with Crippen molar-refractivity contribution in [3.8, 4) is 0 Å². The largest absolute Gasteiger partial charge is 0.289 e. The Labute approximate surface area is 124 Å². The fourth-order valence-corrected chi connectivity index (χ4v) is 10.6. The summed E-state index contributed by atoms with van der Waals surface area (Å²) in [5.41, 5.74) is 0.532. The SMILES string of the molecule is CC1(C)[C@H]2CC[C@@]3(CSc4sc(=O)sc4S3)[C@@H]1C2. The average Bonchev–Trinajstić information content (AvgIpc) is 2.68. The van der Waals surface area contributed by atoms with Crippen LogP contribution in [0.25, 0.3) is 0 Å². The molecule has 3 atom stereocenters. The molecule has 4 aliphatic rings. The maximum absolute atomic E-state index is 11.6. The molecule has 3 saturated carbocycles. The Morgan fingerprint density at radius 3 is 2.72 bits per heavy atom. The highest BCUT2D eigenvalue weighted by molar-refractivity contribution is 8.09. The first kappa shape index (κ1) is 12.3. The van der Waals surface area contributed by atoms with Crippen LogP contribution in [0.3, 0.4) is 0 Å². The van der Waals surface area contributed by atoms with Gasteiger partial charge in [-0.3, -0.25) is 4.79 Å². The van der Waals surface area contributed by atoms with E-state index in [1.165, 1.54) is 56.1 Å². The second-order valence-corrected chi connectivity index (χ2v) is 11.5. The zero-order valence-electron chi connectivity index (χ0n) is 10.5. The molecule has 2 heterocycles. The fraction of sp³-hybridized carbons (Fsp3) is 0.769. The lowest BCUT2D eigenvalue weighted by Gasteiger charge is -2.65. The van der Waals surface area contributed by atoms with Crippen LogP contribution in [0, 0.1) is 17.3 Å². The van der Waals surface area contributed by atoms with Gasteiger partial charge in [-0.2, -0.15) is 0 Å². The molecule has 98 valence electrons. The zero-order valence-corrected chi connectivity index (χ0v) is 13.8. The van der Waals surface area contributed by atoms with Crippen molar-refractivity contribution in [1.29, 1.82) is 0 Å². The van der Waals surface area contributed by atoms with Gasteiger partial charge in [-0.15, -0.1) is 23.5 Å². The van der Waals surface area contributed by atoms with Crippen molar-refractivity contribution in [3.63, 3.8) is 0 Å². The molecule has 18 heavy (non-hydrogen) atoms. The van der Waals surface area contributed by atoms with Crippen LogP contribution in [0.15, 0.2) is 13.2 Å². The molecule has 1 nitrogen and oxygen atoms in total. The third-order valence-electron chi connectivity index (χ3n) is 5.28. The highest BCUT2D eigenvalue weighted by Gasteiger charge is 2.62. The molecular formula is C13H16OS4. The first-order chi connectivity index (χ1) is 8.51. The fourth-order valence-electron chi connectivity index (χ4n) is 4.09. The summed E-state index contributed by atoms with van der Waals surface area (Å²) < 4.78 is 3.32. The minimum absolute atomic E-state index is 0.276. The van der Waals surface area contributed by atoms with E-state index in [9.17, 15) is 4.79 Å². The molecule has 5 rings (SSSR count). The lowest BCUT2D eigenvalue weighted by atomic mass is 9.45. The number of hydrogen-bond acceptors (Lipinski definition) is 5. The van der Waals surface area contributed by atoms with Gasteiger partial charge in [0.25, 0.3) is 4.06 Å². The van der Waals surface area contributed by atoms with Crippen LogP contribution in [-0.2, 0) is 0 Å². The van der Waals surface area contributed by atoms with Gasteiger partial charge in [-0.25, -0.2) is 0 Å². The van der Waals surface area contributed by atoms with Gasteiger partial charge in [0.1, 0.15) is 0 Å². The van der Waals surface area contributed by atoms with Crippen molar-refractivity contribution < 1.29 is 0 Å². The number of rotatable bonds is 0. The van der Waals surface area contributed by atoms with Crippen LogP contribution < -0.4 is 4.06 Å². The van der Waals surface area contributed by atoms with Crippen LogP contribution in [0.5, 0.6) is 0 Å². The molecule has 1 aliphatic heterocycles. The molecule has 0 saturated heterocycles. The summed E-state index contributed by atoms with van der Waals surface area (Å²) >= 11 is 6.95. The smallest absolute Gasteiger partial charge is 0.265 e. The van der Waals surface area contributed by atoms with Crippen molar-refractivity contribution in [1.82, 2.24) is 0 Å².